The van der Waals surface area contributed by atoms with Crippen LogP contribution in [0.2, 0.25) is 0 Å². The number of benzene rings is 1. The number of hydrogen-bond acceptors (Lipinski definition) is 3. The van der Waals surface area contributed by atoms with Crippen molar-refractivity contribution in [3.05, 3.63) is 71.8 Å². The standard InChI is InChI=1S/C23H25FN4O/c1-16(23(29)27(2)15-17-5-3-6-19(24)13-17)28-11-8-18(9-12-28)21-14-26-22-20(21)7-4-10-25-22/h3-8,10,13-14,16H,9,11-12,15H2,1-2H3,(H,25,26). The molecule has 0 bridgehead atoms. The van der Waals surface area contributed by atoms with E-state index in [1.54, 1.807) is 24.2 Å². The first-order valence-electron chi connectivity index (χ1n) is 9.88. The van der Waals surface area contributed by atoms with Crippen molar-refractivity contribution in [2.75, 3.05) is 20.1 Å². The van der Waals surface area contributed by atoms with Crippen LogP contribution in [-0.4, -0.2) is 51.9 Å². The number of likely N-dealkylation sites (N-methyl/N-ethyl adjacent to an activating group) is 1. The molecule has 0 radical (unpaired) electrons. The van der Waals surface area contributed by atoms with Crippen LogP contribution in [0.25, 0.3) is 16.6 Å². The fourth-order valence-corrected chi connectivity index (χ4v) is 3.97. The number of amides is 1. The van der Waals surface area contributed by atoms with Crippen molar-refractivity contribution in [2.24, 2.45) is 0 Å². The van der Waals surface area contributed by atoms with Crippen LogP contribution in [0.1, 0.15) is 24.5 Å². The van der Waals surface area contributed by atoms with Crippen LogP contribution in [0.5, 0.6) is 0 Å². The summed E-state index contributed by atoms with van der Waals surface area (Å²) < 4.78 is 13.4. The monoisotopic (exact) mass is 392 g/mol. The highest BCUT2D eigenvalue weighted by Gasteiger charge is 2.26. The van der Waals surface area contributed by atoms with Crippen molar-refractivity contribution in [3.63, 3.8) is 0 Å². The Morgan fingerprint density at radius 3 is 2.97 bits per heavy atom. The lowest BCUT2D eigenvalue weighted by molar-refractivity contribution is -0.135. The molecular formula is C23H25FN4O. The van der Waals surface area contributed by atoms with Gasteiger partial charge in [-0.05, 0) is 48.7 Å². The average molecular weight is 392 g/mol. The number of pyridine rings is 1. The molecule has 1 aliphatic rings. The second-order valence-electron chi connectivity index (χ2n) is 7.58. The van der Waals surface area contributed by atoms with Gasteiger partial charge < -0.3 is 9.88 Å². The SMILES string of the molecule is CC(C(=O)N(C)Cc1cccc(F)c1)N1CC=C(c2c[nH]c3ncccc23)CC1. The molecule has 1 aliphatic heterocycles. The molecule has 0 aliphatic carbocycles. The van der Waals surface area contributed by atoms with Crippen LogP contribution in [0, 0.1) is 5.82 Å². The first-order chi connectivity index (χ1) is 14.0. The summed E-state index contributed by atoms with van der Waals surface area (Å²) >= 11 is 0. The summed E-state index contributed by atoms with van der Waals surface area (Å²) in [7, 11) is 1.77. The number of nitrogens with zero attached hydrogens (tertiary/aromatic N) is 3. The lowest BCUT2D eigenvalue weighted by Crippen LogP contribution is -2.47. The third-order valence-electron chi connectivity index (χ3n) is 5.63. The van der Waals surface area contributed by atoms with Crippen LogP contribution < -0.4 is 0 Å². The zero-order valence-corrected chi connectivity index (χ0v) is 16.7. The molecule has 5 nitrogen and oxygen atoms in total. The van der Waals surface area contributed by atoms with Gasteiger partial charge in [0.15, 0.2) is 0 Å². The van der Waals surface area contributed by atoms with E-state index in [4.69, 9.17) is 0 Å². The normalized spacial score (nSPS) is 15.9. The summed E-state index contributed by atoms with van der Waals surface area (Å²) in [4.78, 5) is 24.3. The first kappa shape index (κ1) is 19.3. The minimum Gasteiger partial charge on any atom is -0.346 e. The molecule has 0 saturated carbocycles. The Morgan fingerprint density at radius 2 is 2.21 bits per heavy atom. The minimum atomic E-state index is -0.280. The highest BCUT2D eigenvalue weighted by Crippen LogP contribution is 2.29. The van der Waals surface area contributed by atoms with Gasteiger partial charge in [0.25, 0.3) is 0 Å². The molecule has 3 aromatic rings. The van der Waals surface area contributed by atoms with Gasteiger partial charge in [-0.15, -0.1) is 0 Å². The maximum absolute atomic E-state index is 13.4. The molecule has 4 rings (SSSR count). The molecule has 29 heavy (non-hydrogen) atoms. The van der Waals surface area contributed by atoms with Gasteiger partial charge in [0.2, 0.25) is 5.91 Å². The second kappa shape index (κ2) is 8.17. The van der Waals surface area contributed by atoms with Gasteiger partial charge in [-0.3, -0.25) is 9.69 Å². The van der Waals surface area contributed by atoms with Gasteiger partial charge in [-0.1, -0.05) is 18.2 Å². The number of fused-ring (bicyclic) bond motifs is 1. The van der Waals surface area contributed by atoms with E-state index in [-0.39, 0.29) is 17.8 Å². The molecule has 6 heteroatoms. The van der Waals surface area contributed by atoms with E-state index in [0.717, 1.165) is 36.1 Å². The molecule has 150 valence electrons. The van der Waals surface area contributed by atoms with Gasteiger partial charge in [0.1, 0.15) is 11.5 Å². The van der Waals surface area contributed by atoms with E-state index in [1.165, 1.54) is 23.3 Å². The Hall–Kier alpha value is -2.99. The number of nitrogens with one attached hydrogen (secondary N) is 1. The fraction of sp³-hybridized carbons (Fsp3) is 0.304. The molecular weight excluding hydrogens is 367 g/mol. The van der Waals surface area contributed by atoms with E-state index in [1.807, 2.05) is 25.3 Å². The smallest absolute Gasteiger partial charge is 0.239 e. The van der Waals surface area contributed by atoms with E-state index in [2.05, 4.69) is 27.0 Å². The van der Waals surface area contributed by atoms with Gasteiger partial charge in [-0.25, -0.2) is 9.37 Å². The summed E-state index contributed by atoms with van der Waals surface area (Å²) in [5.74, 6) is -0.236. The van der Waals surface area contributed by atoms with Gasteiger partial charge >= 0.3 is 0 Å². The van der Waals surface area contributed by atoms with E-state index < -0.39 is 0 Å². The van der Waals surface area contributed by atoms with Crippen LogP contribution in [0.3, 0.4) is 0 Å². The number of aromatic amines is 1. The van der Waals surface area contributed by atoms with Gasteiger partial charge in [-0.2, -0.15) is 0 Å². The number of halogens is 1. The Balaban J connectivity index is 1.41. The van der Waals surface area contributed by atoms with Crippen molar-refractivity contribution in [3.8, 4) is 0 Å². The number of aromatic nitrogens is 2. The summed E-state index contributed by atoms with van der Waals surface area (Å²) in [6.07, 6.45) is 6.89. The number of hydrogen-bond donors (Lipinski definition) is 1. The molecule has 3 heterocycles. The number of H-pyrrole nitrogens is 1. The maximum Gasteiger partial charge on any atom is 0.239 e. The highest BCUT2D eigenvalue weighted by atomic mass is 19.1. The molecule has 1 N–H and O–H groups in total. The molecule has 1 unspecified atom stereocenters. The Bertz CT molecular complexity index is 1060. The topological polar surface area (TPSA) is 52.2 Å². The molecule has 1 atom stereocenters. The zero-order chi connectivity index (χ0) is 20.4. The molecule has 2 aromatic heterocycles. The minimum absolute atomic E-state index is 0.0439. The van der Waals surface area contributed by atoms with Crippen molar-refractivity contribution < 1.29 is 9.18 Å². The fourth-order valence-electron chi connectivity index (χ4n) is 3.97. The molecule has 1 amide bonds. The Kier molecular flexibility index (Phi) is 5.45. The third kappa shape index (κ3) is 4.07. The third-order valence-corrected chi connectivity index (χ3v) is 5.63. The van der Waals surface area contributed by atoms with Crippen molar-refractivity contribution in [1.82, 2.24) is 19.8 Å². The van der Waals surface area contributed by atoms with Crippen molar-refractivity contribution in [2.45, 2.75) is 25.9 Å². The number of carbonyl (C=O) groups is 1. The molecule has 0 fully saturated rings. The summed E-state index contributed by atoms with van der Waals surface area (Å²) in [5, 5.41) is 1.13. The van der Waals surface area contributed by atoms with Crippen LogP contribution in [-0.2, 0) is 11.3 Å². The van der Waals surface area contributed by atoms with E-state index in [9.17, 15) is 9.18 Å². The predicted molar refractivity (Wildman–Crippen MR) is 113 cm³/mol. The molecule has 0 saturated heterocycles. The Morgan fingerprint density at radius 1 is 1.34 bits per heavy atom. The predicted octanol–water partition coefficient (Wildman–Crippen LogP) is 3.84. The molecule has 1 aromatic carbocycles. The quantitative estimate of drug-likeness (QED) is 0.718. The van der Waals surface area contributed by atoms with Crippen LogP contribution in [0.15, 0.2) is 54.9 Å². The van der Waals surface area contributed by atoms with Gasteiger partial charge in [0, 0.05) is 50.0 Å². The van der Waals surface area contributed by atoms with E-state index in [0.29, 0.717) is 6.54 Å². The second-order valence-corrected chi connectivity index (χ2v) is 7.58. The van der Waals surface area contributed by atoms with Crippen LogP contribution >= 0.6 is 0 Å². The summed E-state index contributed by atoms with van der Waals surface area (Å²) in [5.41, 5.74) is 4.17. The Labute approximate surface area is 169 Å². The van der Waals surface area contributed by atoms with E-state index >= 15 is 0 Å². The zero-order valence-electron chi connectivity index (χ0n) is 16.7. The summed E-state index contributed by atoms with van der Waals surface area (Å²) in [6.45, 7) is 3.89. The molecule has 0 spiro atoms. The summed E-state index contributed by atoms with van der Waals surface area (Å²) in [6, 6.07) is 10.2. The van der Waals surface area contributed by atoms with Crippen LogP contribution in [0.4, 0.5) is 4.39 Å². The van der Waals surface area contributed by atoms with Crippen molar-refractivity contribution in [1.29, 1.82) is 0 Å². The highest BCUT2D eigenvalue weighted by molar-refractivity contribution is 5.90. The van der Waals surface area contributed by atoms with Gasteiger partial charge in [0.05, 0.1) is 6.04 Å². The average Bonchev–Trinajstić information content (AvgIpc) is 3.17. The lowest BCUT2D eigenvalue weighted by Gasteiger charge is -2.33. The maximum atomic E-state index is 13.4. The van der Waals surface area contributed by atoms with Crippen molar-refractivity contribution >= 4 is 22.5 Å². The largest absolute Gasteiger partial charge is 0.346 e. The lowest BCUT2D eigenvalue weighted by atomic mass is 9.98. The number of rotatable bonds is 5. The number of carbonyl (C=O) groups excluding carboxylic acids is 1. The first-order valence-corrected chi connectivity index (χ1v) is 9.88.